The molecule has 10 aromatic rings. The minimum atomic E-state index is -3.22. The Morgan fingerprint density at radius 1 is 0.584 bits per heavy atom. The van der Waals surface area contributed by atoms with Crippen LogP contribution in [0, 0.1) is 89.8 Å². The molecule has 137 heavy (non-hydrogen) atoms. The van der Waals surface area contributed by atoms with Crippen molar-refractivity contribution < 1.29 is 221 Å². The third-order valence-corrected chi connectivity index (χ3v) is 20.9. The number of alkyl halides is 1. The first-order valence-corrected chi connectivity index (χ1v) is 48.2. The number of halogens is 10. The molecule has 34 heteroatoms. The molecule has 10 aromatic carbocycles. The molecular weight excluding hydrogens is 1990 g/mol. The van der Waals surface area contributed by atoms with Crippen LogP contribution < -0.4 is 173 Å². The molecule has 5 aliphatic rings. The predicted molar refractivity (Wildman–Crippen MR) is 530 cm³/mol. The number of nitrogens with zero attached hydrogens (tertiary/aromatic N) is 2. The van der Waals surface area contributed by atoms with Crippen molar-refractivity contribution in [2.75, 3.05) is 84.1 Å². The minimum absolute atomic E-state index is 0. The summed E-state index contributed by atoms with van der Waals surface area (Å²) < 4.78 is 89.6. The zero-order valence-corrected chi connectivity index (χ0v) is 91.4. The van der Waals surface area contributed by atoms with Crippen LogP contribution in [0.1, 0.15) is 149 Å². The summed E-state index contributed by atoms with van der Waals surface area (Å²) in [5.74, 6) is 11.4. The molecule has 0 aromatic heterocycles. The van der Waals surface area contributed by atoms with E-state index in [-0.39, 0.29) is 223 Å². The number of nitrogens with one attached hydrogen (secondary N) is 3. The molecule has 3 radical (unpaired) electrons. The van der Waals surface area contributed by atoms with Gasteiger partial charge in [0.2, 0.25) is 0 Å². The summed E-state index contributed by atoms with van der Waals surface area (Å²) in [5.41, 5.74) is 17.7. The molecule has 0 saturated heterocycles. The van der Waals surface area contributed by atoms with Gasteiger partial charge in [0.05, 0.1) is 17.1 Å². The third-order valence-electron chi connectivity index (χ3n) is 20.4. The van der Waals surface area contributed by atoms with Crippen LogP contribution in [0.15, 0.2) is 236 Å². The number of terminal acetylenes is 4. The number of phenols is 2. The molecule has 3 fully saturated rings. The van der Waals surface area contributed by atoms with Crippen LogP contribution in [0.5, 0.6) is 28.7 Å². The number of amides is 2. The maximum Gasteiger partial charge on any atom is 1.00 e. The molecule has 19 nitrogen and oxygen atoms in total. The summed E-state index contributed by atoms with van der Waals surface area (Å²) in [7, 11) is 0. The van der Waals surface area contributed by atoms with Crippen LogP contribution in [0.4, 0.5) is 22.0 Å². The van der Waals surface area contributed by atoms with Crippen LogP contribution in [0.25, 0.3) is 0 Å². The summed E-state index contributed by atoms with van der Waals surface area (Å²) in [6.45, 7) is 14.4. The van der Waals surface area contributed by atoms with Crippen molar-refractivity contribution >= 4 is 104 Å². The van der Waals surface area contributed by atoms with Gasteiger partial charge in [-0.3, -0.25) is 28.7 Å². The Morgan fingerprint density at radius 3 is 1.31 bits per heavy atom. The van der Waals surface area contributed by atoms with Crippen molar-refractivity contribution in [3.8, 4) is 78.1 Å². The number of aromatic hydroxyl groups is 2. The van der Waals surface area contributed by atoms with Gasteiger partial charge in [-0.25, -0.2) is 22.0 Å². The molecule has 2 heterocycles. The topological polar surface area (TPSA) is 284 Å². The van der Waals surface area contributed by atoms with Gasteiger partial charge < -0.3 is 69.1 Å². The molecule has 2 amide bonds. The predicted octanol–water partition coefficient (Wildman–Crippen LogP) is 11.1. The average molecular weight is 2100 g/mol. The number of fused-ring (bicyclic) bond motifs is 5. The second-order valence-corrected chi connectivity index (χ2v) is 36.9. The van der Waals surface area contributed by atoms with E-state index < -0.39 is 10.4 Å². The fourth-order valence-corrected chi connectivity index (χ4v) is 13.5. The molecule has 1 atom stereocenters. The Morgan fingerprint density at radius 2 is 0.949 bits per heavy atom. The van der Waals surface area contributed by atoms with Gasteiger partial charge in [-0.2, -0.15) is 0 Å². The van der Waals surface area contributed by atoms with Gasteiger partial charge in [-0.1, -0.05) is 121 Å². The number of aliphatic hydroxyl groups is 1. The third kappa shape index (κ3) is 54.6. The molecule has 3 saturated carbocycles. The Labute approximate surface area is 942 Å². The summed E-state index contributed by atoms with van der Waals surface area (Å²) in [6, 6.07) is 62.4. The van der Waals surface area contributed by atoms with Crippen LogP contribution in [-0.2, 0) is 46.4 Å². The van der Waals surface area contributed by atoms with Crippen molar-refractivity contribution in [2.24, 2.45) is 22.1 Å². The molecule has 15 rings (SSSR count). The standard InChI is InChI=1S/C18H16FNO2.C18H16FNO.C18H14FNO.C15H14FNO2.C9H16O.C8H11NO.C7H4ClFO.C6H15N.C3H3Br.CH2O3.B.Cl3OP.2K.Na.2H/c1-2-13-22-17-9-3-14(4-10-17)11-12-20-18(21)15-5-7-16(19)8-6-15;2*1-2-11-21-16-8-5-13-9-10-20-18(17(13)12-16)14-3-6-15(19)7-4-14;16-13-5-3-12(4-6-13)15(19)17-10-9-11-1-7-14(18)8-2-11;10-7-9-4-1-8(2-5-9)3-6-9;9-6-5-7-1-3-8(10)4-2-7;8-7(10)5-1-3-6(9)4-2-5;1-4-7(5-2)6-3;1-2-3-4;2-1-4-3;;1-5(2,3)4;;;;;/h1,3-10H,11-13H2,(H,20,21);1,3-8,12,18,20H,9-11H2;1,3-8,12H,9-11H2;1-8,18H,9-10H2,(H,17,19);8,10H,1-7H2;1-4,10H,5-6,9H2;1-4H;4-6H2,1-3H3;1H,3H2;1,3H;;;;;;;/q;;;;;;;;;;;;3*+1;2*-1/p-1. The van der Waals surface area contributed by atoms with Crippen molar-refractivity contribution in [3.05, 3.63) is 326 Å². The number of ether oxygens (including phenoxy) is 3. The first-order chi connectivity index (χ1) is 63.9. The molecule has 0 spiro atoms. The normalized spacial score (nSPS) is 13.6. The number of rotatable bonds is 24. The number of nitrogens with two attached hydrogens (primary N) is 1. The number of benzene rings is 10. The van der Waals surface area contributed by atoms with Crippen LogP contribution in [-0.4, -0.2) is 142 Å². The first kappa shape index (κ1) is 130. The van der Waals surface area contributed by atoms with Crippen molar-refractivity contribution in [3.63, 3.8) is 0 Å². The largest absolute Gasteiger partial charge is 1.00 e. The number of aliphatic hydroxyl groups excluding tert-OH is 1. The smallest absolute Gasteiger partial charge is 1.00 e. The summed E-state index contributed by atoms with van der Waals surface area (Å²) >= 11 is 22.0. The van der Waals surface area contributed by atoms with E-state index in [1.165, 1.54) is 177 Å². The van der Waals surface area contributed by atoms with Crippen LogP contribution in [0.2, 0.25) is 0 Å². The fourth-order valence-electron chi connectivity index (χ4n) is 13.4. The Kier molecular flexibility index (Phi) is 71.7. The summed E-state index contributed by atoms with van der Waals surface area (Å²) in [5, 5.41) is 41.5. The van der Waals surface area contributed by atoms with Crippen molar-refractivity contribution in [2.45, 2.75) is 97.4 Å². The summed E-state index contributed by atoms with van der Waals surface area (Å²) in [4.78, 5) is 52.2. The van der Waals surface area contributed by atoms with Gasteiger partial charge in [0, 0.05) is 69.0 Å². The second-order valence-electron chi connectivity index (χ2n) is 29.3. The quantitative estimate of drug-likeness (QED) is 0.00341. The van der Waals surface area contributed by atoms with Gasteiger partial charge >= 0.3 is 138 Å². The van der Waals surface area contributed by atoms with Crippen LogP contribution in [0.3, 0.4) is 0 Å². The number of carbonyl (C=O) groups excluding carboxylic acids is 4. The average Bonchev–Trinajstić information content (AvgIpc) is 0.807. The number of carbonyl (C=O) groups is 4. The van der Waals surface area contributed by atoms with Gasteiger partial charge in [0.15, 0.2) is 0 Å². The van der Waals surface area contributed by atoms with E-state index in [2.05, 4.69) is 131 Å². The van der Waals surface area contributed by atoms with Crippen molar-refractivity contribution in [1.29, 1.82) is 0 Å². The van der Waals surface area contributed by atoms with E-state index >= 15 is 0 Å². The number of aliphatic imine (C=N–C) groups is 1. The van der Waals surface area contributed by atoms with E-state index in [1.807, 2.05) is 78.9 Å². The molecule has 3 aliphatic carbocycles. The van der Waals surface area contributed by atoms with E-state index in [1.54, 1.807) is 48.5 Å². The molecule has 2 bridgehead atoms. The Hall–Kier alpha value is -7.15. The molecular formula is C103H112BBrCl4F5K2N6NaO13P. The van der Waals surface area contributed by atoms with Crippen LogP contribution >= 0.6 is 66.5 Å². The first-order valence-electron chi connectivity index (χ1n) is 42.3. The van der Waals surface area contributed by atoms with E-state index in [0.717, 1.165) is 89.0 Å². The number of hydrogen-bond donors (Lipinski definition) is 7. The number of hydrogen-bond acceptors (Lipinski definition) is 17. The zero-order valence-electron chi connectivity index (χ0n) is 79.7. The molecule has 713 valence electrons. The minimum Gasteiger partial charge on any atom is -1.00 e. The summed E-state index contributed by atoms with van der Waals surface area (Å²) in [6.07, 6.45) is 32.5. The molecule has 2 aliphatic heterocycles. The fraction of sp³-hybridized carbons (Fsp3) is 0.291. The van der Waals surface area contributed by atoms with Crippen molar-refractivity contribution in [1.82, 2.24) is 20.9 Å². The SMILES string of the molecule is C#CCBr.C#CCOc1ccc(CCNC(=O)c2ccc(F)cc2)cc1.C#CCOc1ccc2c(c1)C(c1ccc(F)cc1)=NCC2.C#CCOc1ccc2c(c1)C(c1ccc(F)cc1)NCC2.CCN(CC)CC.NCCc1ccc(O)cc1.O=C(Cl)c1ccc(F)cc1.O=C(NCCc1ccc(O)cc1)c1ccc(F)cc1.O=CO[O-].O=P(Cl)(Cl)Cl.OCC12CCC(CC1)CC2.[B].[H-].[H-].[K+].[K+].[Na+]. The van der Waals surface area contributed by atoms with Gasteiger partial charge in [-0.05, 0) is 362 Å². The van der Waals surface area contributed by atoms with E-state index in [9.17, 15) is 40.9 Å². The molecule has 1 unspecified atom stereocenters. The maximum absolute atomic E-state index is 13.1. The zero-order chi connectivity index (χ0) is 97.8. The Balaban J connectivity index is -0.00000151. The van der Waals surface area contributed by atoms with E-state index in [4.69, 9.17) is 82.6 Å². The van der Waals surface area contributed by atoms with Gasteiger partial charge in [0.1, 0.15) is 77.7 Å². The monoisotopic (exact) mass is 2100 g/mol. The maximum atomic E-state index is 13.1. The van der Waals surface area contributed by atoms with Gasteiger partial charge in [-0.15, -0.1) is 25.7 Å². The second kappa shape index (κ2) is 75.7. The number of phenolic OH excluding ortho intramolecular Hbond substituents is 2. The van der Waals surface area contributed by atoms with E-state index in [0.29, 0.717) is 72.3 Å². The van der Waals surface area contributed by atoms with Gasteiger partial charge in [0.25, 0.3) is 23.5 Å². The molecule has 8 N–H and O–H groups in total. The Bertz CT molecular complexity index is 5370.